The summed E-state index contributed by atoms with van der Waals surface area (Å²) in [6, 6.07) is 78.0. The van der Waals surface area contributed by atoms with Gasteiger partial charge in [-0.1, -0.05) is 0 Å². The number of carbonyl (C=O) groups is 2. The van der Waals surface area contributed by atoms with Crippen LogP contribution in [-0.2, 0) is 0 Å². The number of aromatic nitrogens is 2. The fourth-order valence-corrected chi connectivity index (χ4v) is 15.1. The Hall–Kier alpha value is -11.0. The summed E-state index contributed by atoms with van der Waals surface area (Å²) in [7, 11) is 0. The normalized spacial score (nSPS) is 14.5. The third kappa shape index (κ3) is 9.52. The summed E-state index contributed by atoms with van der Waals surface area (Å²) in [5.41, 5.74) is 6.77. The third-order valence-electron chi connectivity index (χ3n) is 14.7. The molecule has 0 aliphatic heterocycles. The first kappa shape index (κ1) is 52.3. The molecule has 0 bridgehead atoms. The van der Waals surface area contributed by atoms with E-state index >= 15 is 0 Å². The summed E-state index contributed by atoms with van der Waals surface area (Å²) < 4.78 is 4.07. The number of benzene rings is 8. The predicted octanol–water partition coefficient (Wildman–Crippen LogP) is 16.7. The summed E-state index contributed by atoms with van der Waals surface area (Å²) >= 11 is -0.355. The second-order valence-corrected chi connectivity index (χ2v) is 24.1. The molecule has 0 saturated carbocycles. The van der Waals surface area contributed by atoms with Gasteiger partial charge in [0.25, 0.3) is 0 Å². The molecule has 4 heterocycles. The summed E-state index contributed by atoms with van der Waals surface area (Å²) in [5, 5.41) is 26.6. The van der Waals surface area contributed by atoms with Crippen molar-refractivity contribution < 1.29 is 9.59 Å². The van der Waals surface area contributed by atoms with E-state index in [1.807, 2.05) is 188 Å². The molecule has 10 nitrogen and oxygen atoms in total. The second-order valence-electron chi connectivity index (χ2n) is 19.5. The van der Waals surface area contributed by atoms with Crippen molar-refractivity contribution in [2.75, 3.05) is 9.80 Å². The zero-order valence-corrected chi connectivity index (χ0v) is 47.7. The Morgan fingerprint density at radius 1 is 0.464 bits per heavy atom. The molecule has 0 radical (unpaired) electrons. The number of Topliss-reactive ketones (excluding diaryl/α,β-unsaturated/α-hetero) is 2. The van der Waals surface area contributed by atoms with Crippen molar-refractivity contribution in [3.63, 3.8) is 0 Å². The number of allylic oxidation sites excluding steroid dienone is 6. The van der Waals surface area contributed by atoms with Gasteiger partial charge in [-0.15, -0.1) is 0 Å². The minimum absolute atomic E-state index is 0.0748. The summed E-state index contributed by atoms with van der Waals surface area (Å²) in [4.78, 5) is 48.9. The molecule has 0 spiro atoms. The summed E-state index contributed by atoms with van der Waals surface area (Å²) in [5.74, 6) is 1.30. The molecule has 0 atom stereocenters. The van der Waals surface area contributed by atoms with Crippen LogP contribution in [-0.4, -0.2) is 50.5 Å². The van der Waals surface area contributed by atoms with Crippen LogP contribution >= 0.6 is 0 Å². The number of para-hydroxylation sites is 2. The summed E-state index contributed by atoms with van der Waals surface area (Å²) in [6.07, 6.45) is 5.52. The van der Waals surface area contributed by atoms with Gasteiger partial charge in [-0.2, -0.15) is 0 Å². The van der Waals surface area contributed by atoms with Crippen LogP contribution in [0.25, 0.3) is 76.2 Å². The van der Waals surface area contributed by atoms with Gasteiger partial charge in [0.2, 0.25) is 0 Å². The number of rotatable bonds is 8. The van der Waals surface area contributed by atoms with E-state index in [1.54, 1.807) is 6.20 Å². The van der Waals surface area contributed by atoms with Crippen molar-refractivity contribution in [2.45, 2.75) is 0 Å². The van der Waals surface area contributed by atoms with Crippen LogP contribution in [0.2, 0.25) is 0 Å². The molecule has 0 amide bonds. The van der Waals surface area contributed by atoms with Gasteiger partial charge in [0.1, 0.15) is 0 Å². The van der Waals surface area contributed by atoms with E-state index in [4.69, 9.17) is 18.1 Å². The third-order valence-corrected chi connectivity index (χ3v) is 19.0. The van der Waals surface area contributed by atoms with E-state index in [0.717, 1.165) is 84.2 Å². The van der Waals surface area contributed by atoms with Crippen LogP contribution < -0.4 is 9.80 Å². The average Bonchev–Trinajstić information content (AvgIpc) is 4.04. The van der Waals surface area contributed by atoms with E-state index in [-0.39, 0.29) is 52.0 Å². The Morgan fingerprint density at radius 3 is 1.51 bits per heavy atom. The molecule has 84 heavy (non-hydrogen) atoms. The molecule has 2 aliphatic rings. The molecule has 0 saturated heterocycles. The second kappa shape index (κ2) is 22.5. The van der Waals surface area contributed by atoms with E-state index in [1.165, 1.54) is 0 Å². The molecule has 2 aliphatic carbocycles. The van der Waals surface area contributed by atoms with Crippen LogP contribution in [0, 0.1) is 35.8 Å². The number of nitrogens with zero attached hydrogens (tertiary/aromatic N) is 8. The van der Waals surface area contributed by atoms with Gasteiger partial charge in [0, 0.05) is 0 Å². The Labute approximate surface area is 495 Å². The quantitative estimate of drug-likeness (QED) is 0.0638. The van der Waals surface area contributed by atoms with Crippen LogP contribution in [0.15, 0.2) is 253 Å². The Bertz CT molecular complexity index is 4680. The van der Waals surface area contributed by atoms with Gasteiger partial charge in [0.15, 0.2) is 0 Å². The standard InChI is InChI=1S/2C36H20N4OSe/c1-38-31(22-37)34-29-17-14-24-9-4-5-11-28(24)35(29)36(41)30(34)21-27-16-18-33(42-27)40(32-12-6-7-19-39-32)26-15-13-23-8-2-3-10-25(23)20-26;1-38-31(22-37)34-28-18-15-23-9-5-7-13-27(23)35(28)36(41)29(34)21-26-17-20-33(42-26)40(25-11-3-2-4-12-25)32-19-16-24-10-6-8-14-30(24)39-32/h2*2-21H/b30-21+,34-31-;29-21+,34-31-. The molecule has 0 unspecified atom stereocenters. The van der Waals surface area contributed by atoms with Gasteiger partial charge in [-0.05, 0) is 0 Å². The maximum atomic E-state index is 14.0. The van der Waals surface area contributed by atoms with E-state index in [9.17, 15) is 20.1 Å². The molecule has 8 aromatic carbocycles. The van der Waals surface area contributed by atoms with Crippen molar-refractivity contribution in [1.82, 2.24) is 9.97 Å². The van der Waals surface area contributed by atoms with Gasteiger partial charge in [0.05, 0.1) is 0 Å². The molecule has 14 rings (SSSR count). The zero-order chi connectivity index (χ0) is 57.3. The number of ketones is 2. The Balaban J connectivity index is 0.000000157. The van der Waals surface area contributed by atoms with E-state index in [0.29, 0.717) is 44.5 Å². The number of nitriles is 2. The molecule has 12 aromatic rings. The van der Waals surface area contributed by atoms with Crippen LogP contribution in [0.1, 0.15) is 40.7 Å². The number of fused-ring (bicyclic) bond motifs is 8. The van der Waals surface area contributed by atoms with Crippen molar-refractivity contribution in [1.29, 1.82) is 10.5 Å². The monoisotopic (exact) mass is 1210 g/mol. The fourth-order valence-electron chi connectivity index (χ4n) is 11.0. The van der Waals surface area contributed by atoms with Gasteiger partial charge < -0.3 is 0 Å². The van der Waals surface area contributed by atoms with Crippen LogP contribution in [0.5, 0.6) is 0 Å². The maximum absolute atomic E-state index is 14.0. The summed E-state index contributed by atoms with van der Waals surface area (Å²) in [6.45, 7) is 15.4. The van der Waals surface area contributed by atoms with Gasteiger partial charge in [-0.25, -0.2) is 0 Å². The number of pyridine rings is 2. The molecule has 4 aromatic heterocycles. The molecular weight excluding hydrogens is 1170 g/mol. The van der Waals surface area contributed by atoms with Gasteiger partial charge in [-0.3, -0.25) is 0 Å². The molecular formula is C72H40N8O2Se2. The number of hydrogen-bond donors (Lipinski definition) is 0. The van der Waals surface area contributed by atoms with Crippen LogP contribution in [0.3, 0.4) is 0 Å². The number of hydrogen-bond acceptors (Lipinski definition) is 8. The van der Waals surface area contributed by atoms with Crippen molar-refractivity contribution in [3.8, 4) is 12.1 Å². The van der Waals surface area contributed by atoms with Crippen molar-refractivity contribution in [2.24, 2.45) is 0 Å². The zero-order valence-electron chi connectivity index (χ0n) is 44.3. The SMILES string of the molecule is [C-]#[N+]/C(C#N)=C1\C(=C/c2ccc(N(c3ccc4ccccc4c3)c3ccccn3)[se]2)C(=O)c2c1ccc1ccccc21.[C-]#[N+]/C(C#N)=C1\C(=C/c2ccc(N(c3ccccc3)c3ccc4ccccc4n3)[se]2)C(=O)c2c1ccc1ccccc21. The first-order valence-electron chi connectivity index (χ1n) is 26.5. The minimum atomic E-state index is -0.177. The Morgan fingerprint density at radius 2 is 0.952 bits per heavy atom. The average molecular weight is 1210 g/mol. The number of carbonyl (C=O) groups excluding carboxylic acids is 2. The molecule has 0 N–H and O–H groups in total. The van der Waals surface area contributed by atoms with Gasteiger partial charge >= 0.3 is 498 Å². The molecule has 0 fully saturated rings. The van der Waals surface area contributed by atoms with E-state index < -0.39 is 0 Å². The Kier molecular flexibility index (Phi) is 14.0. The molecule has 12 heteroatoms. The first-order chi connectivity index (χ1) is 41.3. The first-order valence-corrected chi connectivity index (χ1v) is 30.0. The van der Waals surface area contributed by atoms with Crippen molar-refractivity contribution >= 4 is 139 Å². The number of anilines is 6. The van der Waals surface area contributed by atoms with E-state index in [2.05, 4.69) is 85.1 Å². The topological polar surface area (TPSA) is 123 Å². The molecule has 392 valence electrons. The van der Waals surface area contributed by atoms with Crippen LogP contribution in [0.4, 0.5) is 32.1 Å². The fraction of sp³-hybridized carbons (Fsp3) is 0. The predicted molar refractivity (Wildman–Crippen MR) is 338 cm³/mol. The van der Waals surface area contributed by atoms with Crippen molar-refractivity contribution in [3.05, 3.63) is 307 Å².